The van der Waals surface area contributed by atoms with Crippen molar-refractivity contribution < 1.29 is 17.6 Å². The Morgan fingerprint density at radius 3 is 2.26 bits per heavy atom. The van der Waals surface area contributed by atoms with Gasteiger partial charge in [0.05, 0.1) is 10.5 Å². The minimum Gasteiger partial charge on any atom is -0.348 e. The van der Waals surface area contributed by atoms with Gasteiger partial charge in [0.1, 0.15) is 5.82 Å². The molecule has 0 saturated heterocycles. The normalized spacial score (nSPS) is 11.8. The Bertz CT molecular complexity index is 928. The van der Waals surface area contributed by atoms with Crippen LogP contribution in [0.3, 0.4) is 0 Å². The molecule has 0 aliphatic carbocycles. The summed E-state index contributed by atoms with van der Waals surface area (Å²) in [5, 5.41) is 2.67. The number of hydrogen-bond donors (Lipinski definition) is 1. The van der Waals surface area contributed by atoms with Crippen LogP contribution in [-0.4, -0.2) is 51.7 Å². The molecule has 0 fully saturated rings. The van der Waals surface area contributed by atoms with E-state index in [0.717, 1.165) is 33.6 Å². The molecule has 0 aliphatic heterocycles. The number of carbonyl (C=O) groups excluding carboxylic acids is 1. The molecule has 0 saturated carbocycles. The number of nitrogens with zero attached hydrogens (tertiary/aromatic N) is 2. The summed E-state index contributed by atoms with van der Waals surface area (Å²) in [7, 11) is 2.89. The van der Waals surface area contributed by atoms with Crippen LogP contribution in [0.1, 0.15) is 21.5 Å². The van der Waals surface area contributed by atoms with Gasteiger partial charge in [0, 0.05) is 27.2 Å². The average Bonchev–Trinajstić information content (AvgIpc) is 2.60. The first kappa shape index (κ1) is 21.0. The van der Waals surface area contributed by atoms with Crippen LogP contribution in [0.5, 0.6) is 0 Å². The Labute approximate surface area is 159 Å². The molecule has 0 spiro atoms. The number of benzene rings is 2. The lowest BCUT2D eigenvalue weighted by atomic mass is 10.1. The van der Waals surface area contributed by atoms with Gasteiger partial charge in [-0.3, -0.25) is 4.79 Å². The molecule has 0 radical (unpaired) electrons. The van der Waals surface area contributed by atoms with Gasteiger partial charge in [-0.05, 0) is 43.4 Å². The number of hydrogen-bond acceptors (Lipinski definition) is 4. The van der Waals surface area contributed by atoms with Crippen LogP contribution >= 0.6 is 0 Å². The van der Waals surface area contributed by atoms with Crippen LogP contribution in [0.25, 0.3) is 0 Å². The molecule has 1 amide bonds. The number of carbonyl (C=O) groups is 1. The summed E-state index contributed by atoms with van der Waals surface area (Å²) in [6.45, 7) is 0.921. The molecule has 8 heteroatoms. The van der Waals surface area contributed by atoms with Crippen molar-refractivity contribution in [2.45, 2.75) is 18.0 Å². The molecule has 2 rings (SSSR count). The summed E-state index contributed by atoms with van der Waals surface area (Å²) in [5.74, 6) is -1.44. The Morgan fingerprint density at radius 2 is 1.67 bits per heavy atom. The van der Waals surface area contributed by atoms with E-state index in [4.69, 9.17) is 0 Å². The van der Waals surface area contributed by atoms with Crippen molar-refractivity contribution in [3.8, 4) is 0 Å². The maximum atomic E-state index is 14.1. The maximum absolute atomic E-state index is 14.1. The average molecular weight is 393 g/mol. The summed E-state index contributed by atoms with van der Waals surface area (Å²) in [4.78, 5) is 14.3. The molecule has 0 atom stereocenters. The third kappa shape index (κ3) is 5.12. The minimum absolute atomic E-state index is 0.132. The molecule has 0 bridgehead atoms. The van der Waals surface area contributed by atoms with Gasteiger partial charge in [-0.25, -0.2) is 17.1 Å². The monoisotopic (exact) mass is 393 g/mol. The topological polar surface area (TPSA) is 69.7 Å². The fraction of sp³-hybridized carbons (Fsp3) is 0.316. The molecule has 0 heterocycles. The molecule has 1 N–H and O–H groups in total. The van der Waals surface area contributed by atoms with Gasteiger partial charge in [0.25, 0.3) is 5.91 Å². The van der Waals surface area contributed by atoms with Crippen molar-refractivity contribution in [3.05, 3.63) is 65.0 Å². The first-order valence-electron chi connectivity index (χ1n) is 8.34. The summed E-state index contributed by atoms with van der Waals surface area (Å²) >= 11 is 0. The molecule has 27 heavy (non-hydrogen) atoms. The van der Waals surface area contributed by atoms with E-state index in [9.17, 15) is 17.6 Å². The van der Waals surface area contributed by atoms with Crippen molar-refractivity contribution in [1.82, 2.24) is 14.5 Å². The van der Waals surface area contributed by atoms with E-state index in [1.54, 1.807) is 0 Å². The lowest BCUT2D eigenvalue weighted by molar-refractivity contribution is 0.0946. The van der Waals surface area contributed by atoms with Gasteiger partial charge >= 0.3 is 0 Å². The van der Waals surface area contributed by atoms with Crippen LogP contribution in [0.2, 0.25) is 0 Å². The highest BCUT2D eigenvalue weighted by atomic mass is 32.2. The molecule has 0 unspecified atom stereocenters. The molecule has 2 aromatic rings. The number of amides is 1. The lowest BCUT2D eigenvalue weighted by Gasteiger charge is -2.15. The Hall–Kier alpha value is -2.29. The highest BCUT2D eigenvalue weighted by Gasteiger charge is 2.21. The molecule has 0 aromatic heterocycles. The van der Waals surface area contributed by atoms with Gasteiger partial charge in [0.15, 0.2) is 0 Å². The predicted molar refractivity (Wildman–Crippen MR) is 102 cm³/mol. The standard InChI is InChI=1S/C19H24FN3O3S/c1-22(2)13-15-8-6-5-7-14(15)12-21-19(24)17-11-16(9-10-18(17)20)27(25,26)23(3)4/h5-11H,12-13H2,1-4H3,(H,21,24). The maximum Gasteiger partial charge on any atom is 0.254 e. The van der Waals surface area contributed by atoms with Gasteiger partial charge in [-0.15, -0.1) is 0 Å². The fourth-order valence-electron chi connectivity index (χ4n) is 2.55. The molecule has 6 nitrogen and oxygen atoms in total. The van der Waals surface area contributed by atoms with Gasteiger partial charge in [-0.1, -0.05) is 24.3 Å². The number of rotatable bonds is 7. The zero-order valence-corrected chi connectivity index (χ0v) is 16.7. The highest BCUT2D eigenvalue weighted by molar-refractivity contribution is 7.89. The van der Waals surface area contributed by atoms with E-state index >= 15 is 0 Å². The van der Waals surface area contributed by atoms with Gasteiger partial charge in [0.2, 0.25) is 10.0 Å². The highest BCUT2D eigenvalue weighted by Crippen LogP contribution is 2.18. The first-order chi connectivity index (χ1) is 12.6. The quantitative estimate of drug-likeness (QED) is 0.782. The van der Waals surface area contributed by atoms with Crippen LogP contribution < -0.4 is 5.32 Å². The van der Waals surface area contributed by atoms with Crippen molar-refractivity contribution in [1.29, 1.82) is 0 Å². The van der Waals surface area contributed by atoms with E-state index < -0.39 is 21.7 Å². The number of nitrogens with one attached hydrogen (secondary N) is 1. The molecular weight excluding hydrogens is 369 g/mol. The van der Waals surface area contributed by atoms with Crippen molar-refractivity contribution >= 4 is 15.9 Å². The summed E-state index contributed by atoms with van der Waals surface area (Å²) in [6, 6.07) is 10.8. The zero-order chi connectivity index (χ0) is 20.2. The third-order valence-corrected chi connectivity index (χ3v) is 5.82. The number of halogens is 1. The van der Waals surface area contributed by atoms with E-state index in [0.29, 0.717) is 6.54 Å². The van der Waals surface area contributed by atoms with Crippen LogP contribution in [0.15, 0.2) is 47.4 Å². The largest absolute Gasteiger partial charge is 0.348 e. The van der Waals surface area contributed by atoms with E-state index in [2.05, 4.69) is 5.32 Å². The van der Waals surface area contributed by atoms with E-state index in [1.807, 2.05) is 43.3 Å². The summed E-state index contributed by atoms with van der Waals surface area (Å²) in [6.07, 6.45) is 0. The zero-order valence-electron chi connectivity index (χ0n) is 15.9. The molecule has 0 aliphatic rings. The van der Waals surface area contributed by atoms with Crippen LogP contribution in [-0.2, 0) is 23.1 Å². The first-order valence-corrected chi connectivity index (χ1v) is 9.78. The molecular formula is C19H24FN3O3S. The minimum atomic E-state index is -3.76. The van der Waals surface area contributed by atoms with Crippen LogP contribution in [0.4, 0.5) is 4.39 Å². The Morgan fingerprint density at radius 1 is 1.04 bits per heavy atom. The van der Waals surface area contributed by atoms with E-state index in [1.165, 1.54) is 14.1 Å². The molecule has 146 valence electrons. The lowest BCUT2D eigenvalue weighted by Crippen LogP contribution is -2.26. The summed E-state index contributed by atoms with van der Waals surface area (Å²) < 4.78 is 39.5. The second-order valence-electron chi connectivity index (χ2n) is 6.62. The van der Waals surface area contributed by atoms with Crippen molar-refractivity contribution in [3.63, 3.8) is 0 Å². The van der Waals surface area contributed by atoms with Gasteiger partial charge in [-0.2, -0.15) is 0 Å². The predicted octanol–water partition coefficient (Wildman–Crippen LogP) is 2.07. The summed E-state index contributed by atoms with van der Waals surface area (Å²) in [5.41, 5.74) is 1.66. The second-order valence-corrected chi connectivity index (χ2v) is 8.77. The molecule has 2 aromatic carbocycles. The second kappa shape index (κ2) is 8.60. The van der Waals surface area contributed by atoms with Crippen LogP contribution in [0, 0.1) is 5.82 Å². The van der Waals surface area contributed by atoms with Crippen molar-refractivity contribution in [2.75, 3.05) is 28.2 Å². The third-order valence-electron chi connectivity index (χ3n) is 4.01. The van der Waals surface area contributed by atoms with Crippen molar-refractivity contribution in [2.24, 2.45) is 0 Å². The van der Waals surface area contributed by atoms with E-state index in [-0.39, 0.29) is 17.0 Å². The SMILES string of the molecule is CN(C)Cc1ccccc1CNC(=O)c1cc(S(=O)(=O)N(C)C)ccc1F. The fourth-order valence-corrected chi connectivity index (χ4v) is 3.47. The Balaban J connectivity index is 2.22. The smallest absolute Gasteiger partial charge is 0.254 e. The number of sulfonamides is 1. The Kier molecular flexibility index (Phi) is 6.69. The van der Waals surface area contributed by atoms with Gasteiger partial charge < -0.3 is 10.2 Å².